The van der Waals surface area contributed by atoms with Gasteiger partial charge in [0.05, 0.1) is 12.1 Å². The summed E-state index contributed by atoms with van der Waals surface area (Å²) in [5, 5.41) is 16.0. The zero-order chi connectivity index (χ0) is 14.5. The van der Waals surface area contributed by atoms with Crippen molar-refractivity contribution in [2.45, 2.75) is 32.9 Å². The summed E-state index contributed by atoms with van der Waals surface area (Å²) in [6.45, 7) is 5.41. The van der Waals surface area contributed by atoms with E-state index in [4.69, 9.17) is 5.11 Å². The van der Waals surface area contributed by atoms with E-state index in [0.717, 1.165) is 16.3 Å². The van der Waals surface area contributed by atoms with E-state index >= 15 is 0 Å². The van der Waals surface area contributed by atoms with Crippen molar-refractivity contribution in [1.82, 2.24) is 9.88 Å². The molecule has 0 saturated heterocycles. The van der Waals surface area contributed by atoms with Gasteiger partial charge in [-0.05, 0) is 25.3 Å². The summed E-state index contributed by atoms with van der Waals surface area (Å²) in [6.07, 6.45) is 0.166. The van der Waals surface area contributed by atoms with Gasteiger partial charge in [0.2, 0.25) is 0 Å². The number of nitrogens with zero attached hydrogens (tertiary/aromatic N) is 2. The van der Waals surface area contributed by atoms with E-state index in [-0.39, 0.29) is 6.42 Å². The quantitative estimate of drug-likeness (QED) is 0.849. The monoisotopic (exact) mass is 310 g/mol. The molecule has 2 aromatic heterocycles. The van der Waals surface area contributed by atoms with Crippen LogP contribution in [0.2, 0.25) is 0 Å². The van der Waals surface area contributed by atoms with Gasteiger partial charge in [-0.3, -0.25) is 9.69 Å². The van der Waals surface area contributed by atoms with Gasteiger partial charge in [0, 0.05) is 35.5 Å². The molecule has 0 fully saturated rings. The zero-order valence-electron chi connectivity index (χ0n) is 11.6. The van der Waals surface area contributed by atoms with Crippen LogP contribution < -0.4 is 0 Å². The fourth-order valence-electron chi connectivity index (χ4n) is 1.87. The minimum absolute atomic E-state index is 0.166. The van der Waals surface area contributed by atoms with E-state index in [1.807, 2.05) is 5.38 Å². The molecular weight excluding hydrogens is 292 g/mol. The zero-order valence-corrected chi connectivity index (χ0v) is 13.2. The Morgan fingerprint density at radius 2 is 2.25 bits per heavy atom. The van der Waals surface area contributed by atoms with Crippen molar-refractivity contribution in [1.29, 1.82) is 0 Å². The van der Waals surface area contributed by atoms with Gasteiger partial charge in [-0.25, -0.2) is 4.98 Å². The molecule has 0 atom stereocenters. The molecule has 2 aromatic rings. The highest BCUT2D eigenvalue weighted by atomic mass is 32.1. The second kappa shape index (κ2) is 6.97. The second-order valence-electron chi connectivity index (χ2n) is 4.86. The molecule has 0 aliphatic carbocycles. The molecule has 0 aliphatic rings. The molecule has 2 rings (SSSR count). The second-order valence-corrected chi connectivity index (χ2v) is 6.50. The van der Waals surface area contributed by atoms with Crippen molar-refractivity contribution in [3.05, 3.63) is 27.9 Å². The largest absolute Gasteiger partial charge is 0.481 e. The summed E-state index contributed by atoms with van der Waals surface area (Å²) in [6, 6.07) is 2.37. The third kappa shape index (κ3) is 4.13. The van der Waals surface area contributed by atoms with Gasteiger partial charge in [0.15, 0.2) is 0 Å². The molecule has 0 amide bonds. The lowest BCUT2D eigenvalue weighted by Gasteiger charge is -2.24. The minimum atomic E-state index is -0.757. The first kappa shape index (κ1) is 15.2. The summed E-state index contributed by atoms with van der Waals surface area (Å²) in [4.78, 5) is 17.5. The number of aromatic nitrogens is 1. The van der Waals surface area contributed by atoms with Crippen molar-refractivity contribution in [2.24, 2.45) is 0 Å². The Morgan fingerprint density at radius 1 is 1.45 bits per heavy atom. The SMILES string of the molecule is CC(C)N(CCC(=O)O)Cc1csc(-c2ccsc2)n1. The fraction of sp³-hybridized carbons (Fsp3) is 0.429. The predicted octanol–water partition coefficient (Wildman–Crippen LogP) is 3.56. The molecule has 20 heavy (non-hydrogen) atoms. The van der Waals surface area contributed by atoms with Crippen LogP contribution >= 0.6 is 22.7 Å². The van der Waals surface area contributed by atoms with E-state index in [1.165, 1.54) is 0 Å². The highest BCUT2D eigenvalue weighted by Gasteiger charge is 2.14. The highest BCUT2D eigenvalue weighted by molar-refractivity contribution is 7.14. The van der Waals surface area contributed by atoms with Gasteiger partial charge in [-0.1, -0.05) is 0 Å². The summed E-state index contributed by atoms with van der Waals surface area (Å²) in [7, 11) is 0. The Hall–Kier alpha value is -1.24. The van der Waals surface area contributed by atoms with Crippen LogP contribution in [0.4, 0.5) is 0 Å². The van der Waals surface area contributed by atoms with E-state index < -0.39 is 5.97 Å². The summed E-state index contributed by atoms with van der Waals surface area (Å²) >= 11 is 3.30. The first-order valence-corrected chi connectivity index (χ1v) is 8.31. The number of carbonyl (C=O) groups is 1. The van der Waals surface area contributed by atoms with Crippen LogP contribution in [-0.4, -0.2) is 33.5 Å². The first-order chi connectivity index (χ1) is 9.56. The van der Waals surface area contributed by atoms with Gasteiger partial charge in [-0.15, -0.1) is 11.3 Å². The predicted molar refractivity (Wildman–Crippen MR) is 83.2 cm³/mol. The average Bonchev–Trinajstić information content (AvgIpc) is 3.04. The van der Waals surface area contributed by atoms with E-state index in [2.05, 4.69) is 40.6 Å². The van der Waals surface area contributed by atoms with Crippen LogP contribution in [0, 0.1) is 0 Å². The average molecular weight is 310 g/mol. The van der Waals surface area contributed by atoms with Crippen LogP contribution in [0.5, 0.6) is 0 Å². The lowest BCUT2D eigenvalue weighted by molar-refractivity contribution is -0.137. The van der Waals surface area contributed by atoms with Crippen molar-refractivity contribution in [2.75, 3.05) is 6.54 Å². The Bertz CT molecular complexity index is 549. The Labute approximate surface area is 126 Å². The third-order valence-corrected chi connectivity index (χ3v) is 4.65. The van der Waals surface area contributed by atoms with Crippen LogP contribution in [-0.2, 0) is 11.3 Å². The fourth-order valence-corrected chi connectivity index (χ4v) is 3.39. The third-order valence-electron chi connectivity index (χ3n) is 3.03. The normalized spacial score (nSPS) is 11.4. The topological polar surface area (TPSA) is 53.4 Å². The van der Waals surface area contributed by atoms with Gasteiger partial charge < -0.3 is 5.11 Å². The van der Waals surface area contributed by atoms with Crippen LogP contribution in [0.25, 0.3) is 10.6 Å². The molecule has 0 saturated carbocycles. The van der Waals surface area contributed by atoms with Gasteiger partial charge in [0.25, 0.3) is 0 Å². The number of aliphatic carboxylic acids is 1. The van der Waals surface area contributed by atoms with Crippen molar-refractivity contribution in [3.8, 4) is 10.6 Å². The van der Waals surface area contributed by atoms with E-state index in [9.17, 15) is 4.79 Å². The van der Waals surface area contributed by atoms with Crippen molar-refractivity contribution in [3.63, 3.8) is 0 Å². The number of rotatable bonds is 7. The van der Waals surface area contributed by atoms with Gasteiger partial charge in [0.1, 0.15) is 5.01 Å². The summed E-state index contributed by atoms with van der Waals surface area (Å²) in [5.41, 5.74) is 2.17. The molecule has 1 N–H and O–H groups in total. The smallest absolute Gasteiger partial charge is 0.304 e. The summed E-state index contributed by atoms with van der Waals surface area (Å²) in [5.74, 6) is -0.757. The standard InChI is InChI=1S/C14H18N2O2S2/c1-10(2)16(5-3-13(17)18)7-12-9-20-14(15-12)11-4-6-19-8-11/h4,6,8-10H,3,5,7H2,1-2H3,(H,17,18). The Balaban J connectivity index is 2.01. The molecule has 0 aromatic carbocycles. The molecular formula is C14H18N2O2S2. The number of thiazole rings is 1. The molecule has 2 heterocycles. The van der Waals surface area contributed by atoms with Gasteiger partial charge in [-0.2, -0.15) is 11.3 Å². The number of thiophene rings is 1. The lowest BCUT2D eigenvalue weighted by atomic mass is 10.2. The van der Waals surface area contributed by atoms with Crippen LogP contribution in [0.15, 0.2) is 22.2 Å². The maximum atomic E-state index is 10.7. The number of hydrogen-bond donors (Lipinski definition) is 1. The Morgan fingerprint density at radius 3 is 2.85 bits per heavy atom. The molecule has 0 unspecified atom stereocenters. The number of carboxylic acid groups (broad SMARTS) is 1. The molecule has 6 heteroatoms. The number of hydrogen-bond acceptors (Lipinski definition) is 5. The molecule has 0 aliphatic heterocycles. The van der Waals surface area contributed by atoms with E-state index in [0.29, 0.717) is 19.1 Å². The maximum Gasteiger partial charge on any atom is 0.304 e. The van der Waals surface area contributed by atoms with Crippen molar-refractivity contribution >= 4 is 28.6 Å². The first-order valence-electron chi connectivity index (χ1n) is 6.49. The van der Waals surface area contributed by atoms with Crippen LogP contribution in [0.3, 0.4) is 0 Å². The van der Waals surface area contributed by atoms with Gasteiger partial charge >= 0.3 is 5.97 Å². The minimum Gasteiger partial charge on any atom is -0.481 e. The maximum absolute atomic E-state index is 10.7. The lowest BCUT2D eigenvalue weighted by Crippen LogP contribution is -2.32. The Kier molecular flexibility index (Phi) is 5.28. The highest BCUT2D eigenvalue weighted by Crippen LogP contribution is 2.26. The number of carboxylic acids is 1. The molecule has 4 nitrogen and oxygen atoms in total. The summed E-state index contributed by atoms with van der Waals surface area (Å²) < 4.78 is 0. The van der Waals surface area contributed by atoms with E-state index in [1.54, 1.807) is 22.7 Å². The van der Waals surface area contributed by atoms with Crippen molar-refractivity contribution < 1.29 is 9.90 Å². The van der Waals surface area contributed by atoms with Crippen LogP contribution in [0.1, 0.15) is 26.0 Å². The molecule has 0 spiro atoms. The molecule has 0 bridgehead atoms. The molecule has 0 radical (unpaired) electrons. The molecule has 108 valence electrons.